The first-order chi connectivity index (χ1) is 15.0. The number of halogens is 2. The second-order valence-corrected chi connectivity index (χ2v) is 6.86. The number of amides is 1. The molecule has 168 valence electrons. The van der Waals surface area contributed by atoms with Crippen LogP contribution in [0.1, 0.15) is 28.8 Å². The second kappa shape index (κ2) is 10.8. The van der Waals surface area contributed by atoms with Gasteiger partial charge >= 0.3 is 6.61 Å². The minimum Gasteiger partial charge on any atom is -0.493 e. The van der Waals surface area contributed by atoms with Crippen LogP contribution in [0.3, 0.4) is 0 Å². The van der Waals surface area contributed by atoms with Gasteiger partial charge in [-0.05, 0) is 48.7 Å². The normalized spacial score (nSPS) is 15.6. The van der Waals surface area contributed by atoms with Gasteiger partial charge in [-0.1, -0.05) is 6.07 Å². The summed E-state index contributed by atoms with van der Waals surface area (Å²) >= 11 is 0. The fourth-order valence-corrected chi connectivity index (χ4v) is 3.19. The van der Waals surface area contributed by atoms with E-state index in [1.165, 1.54) is 25.3 Å². The molecule has 0 bridgehead atoms. The van der Waals surface area contributed by atoms with Crippen molar-refractivity contribution in [2.24, 2.45) is 0 Å². The van der Waals surface area contributed by atoms with Crippen LogP contribution in [0.25, 0.3) is 0 Å². The summed E-state index contributed by atoms with van der Waals surface area (Å²) in [5.41, 5.74) is 0.951. The summed E-state index contributed by atoms with van der Waals surface area (Å²) in [5.74, 6) is 0.595. The number of carbonyl (C=O) groups is 1. The number of benzene rings is 2. The molecule has 3 rings (SSSR count). The molecular weight excluding hydrogens is 412 g/mol. The Morgan fingerprint density at radius 1 is 1.10 bits per heavy atom. The van der Waals surface area contributed by atoms with Gasteiger partial charge in [-0.2, -0.15) is 8.78 Å². The standard InChI is InChI=1S/C22H25F2NO6/c1-27-17-8-6-15(11-20(17)31-22(23)24)21(26)25-12-14-5-7-18(19(10-14)28-2)30-13-16-4-3-9-29-16/h5-8,10-11,16,22H,3-4,9,12-13H2,1-2H3,(H,25,26). The van der Waals surface area contributed by atoms with Crippen LogP contribution in [-0.4, -0.2) is 46.1 Å². The Kier molecular flexibility index (Phi) is 7.88. The van der Waals surface area contributed by atoms with Crippen LogP contribution in [-0.2, 0) is 11.3 Å². The molecule has 1 aliphatic heterocycles. The molecule has 2 aromatic rings. The van der Waals surface area contributed by atoms with Crippen molar-refractivity contribution in [2.45, 2.75) is 32.1 Å². The Morgan fingerprint density at radius 3 is 2.55 bits per heavy atom. The molecule has 0 radical (unpaired) electrons. The van der Waals surface area contributed by atoms with Gasteiger partial charge in [0.25, 0.3) is 5.91 Å². The third-order valence-corrected chi connectivity index (χ3v) is 4.77. The Bertz CT molecular complexity index is 886. The maximum atomic E-state index is 12.6. The van der Waals surface area contributed by atoms with E-state index >= 15 is 0 Å². The number of hydrogen-bond acceptors (Lipinski definition) is 6. The molecule has 7 nitrogen and oxygen atoms in total. The third kappa shape index (κ3) is 6.21. The second-order valence-electron chi connectivity index (χ2n) is 6.86. The molecule has 31 heavy (non-hydrogen) atoms. The minimum atomic E-state index is -3.03. The van der Waals surface area contributed by atoms with E-state index in [1.54, 1.807) is 19.2 Å². The third-order valence-electron chi connectivity index (χ3n) is 4.77. The molecule has 1 fully saturated rings. The lowest BCUT2D eigenvalue weighted by Crippen LogP contribution is -2.23. The highest BCUT2D eigenvalue weighted by Gasteiger charge is 2.18. The van der Waals surface area contributed by atoms with Crippen LogP contribution in [0.4, 0.5) is 8.78 Å². The van der Waals surface area contributed by atoms with Crippen molar-refractivity contribution in [3.63, 3.8) is 0 Å². The number of methoxy groups -OCH3 is 2. The van der Waals surface area contributed by atoms with Gasteiger partial charge in [0.05, 0.1) is 20.3 Å². The summed E-state index contributed by atoms with van der Waals surface area (Å²) in [4.78, 5) is 12.5. The van der Waals surface area contributed by atoms with E-state index in [0.29, 0.717) is 18.1 Å². The molecule has 1 N–H and O–H groups in total. The monoisotopic (exact) mass is 437 g/mol. The molecule has 0 aliphatic carbocycles. The van der Waals surface area contributed by atoms with Gasteiger partial charge in [-0.3, -0.25) is 4.79 Å². The molecule has 1 unspecified atom stereocenters. The average molecular weight is 437 g/mol. The first kappa shape index (κ1) is 22.6. The highest BCUT2D eigenvalue weighted by atomic mass is 19.3. The van der Waals surface area contributed by atoms with Crippen LogP contribution in [0.2, 0.25) is 0 Å². The van der Waals surface area contributed by atoms with E-state index in [9.17, 15) is 13.6 Å². The van der Waals surface area contributed by atoms with Gasteiger partial charge in [0.2, 0.25) is 0 Å². The maximum absolute atomic E-state index is 12.6. The van der Waals surface area contributed by atoms with E-state index in [0.717, 1.165) is 25.0 Å². The summed E-state index contributed by atoms with van der Waals surface area (Å²) in [6.45, 7) is -1.61. The number of alkyl halides is 2. The lowest BCUT2D eigenvalue weighted by molar-refractivity contribution is -0.0512. The largest absolute Gasteiger partial charge is 0.493 e. The van der Waals surface area contributed by atoms with Crippen molar-refractivity contribution in [3.05, 3.63) is 47.5 Å². The zero-order valence-corrected chi connectivity index (χ0v) is 17.4. The van der Waals surface area contributed by atoms with Crippen LogP contribution in [0.5, 0.6) is 23.0 Å². The number of hydrogen-bond donors (Lipinski definition) is 1. The predicted octanol–water partition coefficient (Wildman–Crippen LogP) is 3.79. The van der Waals surface area contributed by atoms with Gasteiger partial charge in [0.1, 0.15) is 6.61 Å². The van der Waals surface area contributed by atoms with E-state index < -0.39 is 12.5 Å². The van der Waals surface area contributed by atoms with E-state index in [-0.39, 0.29) is 29.7 Å². The number of carbonyl (C=O) groups excluding carboxylic acids is 1. The SMILES string of the molecule is COc1cc(CNC(=O)c2ccc(OC)c(OC(F)F)c2)ccc1OCC1CCCO1. The zero-order chi connectivity index (χ0) is 22.2. The van der Waals surface area contributed by atoms with E-state index in [1.807, 2.05) is 6.07 Å². The molecule has 1 heterocycles. The molecule has 1 saturated heterocycles. The van der Waals surface area contributed by atoms with Crippen molar-refractivity contribution >= 4 is 5.91 Å². The fraction of sp³-hybridized carbons (Fsp3) is 0.409. The summed E-state index contributed by atoms with van der Waals surface area (Å²) in [6, 6.07) is 9.43. The Hall–Kier alpha value is -3.07. The smallest absolute Gasteiger partial charge is 0.387 e. The molecule has 1 amide bonds. The van der Waals surface area contributed by atoms with Crippen molar-refractivity contribution in [3.8, 4) is 23.0 Å². The summed E-state index contributed by atoms with van der Waals surface area (Å²) in [7, 11) is 2.87. The molecule has 1 atom stereocenters. The van der Waals surface area contributed by atoms with Crippen LogP contribution in [0.15, 0.2) is 36.4 Å². The molecule has 9 heteroatoms. The minimum absolute atomic E-state index is 0.0899. The van der Waals surface area contributed by atoms with Crippen molar-refractivity contribution in [1.82, 2.24) is 5.32 Å². The Labute approximate surface area is 179 Å². The molecule has 2 aromatic carbocycles. The van der Waals surface area contributed by atoms with Crippen LogP contribution >= 0.6 is 0 Å². The predicted molar refractivity (Wildman–Crippen MR) is 108 cm³/mol. The maximum Gasteiger partial charge on any atom is 0.387 e. The highest BCUT2D eigenvalue weighted by molar-refractivity contribution is 5.94. The quantitative estimate of drug-likeness (QED) is 0.610. The molecule has 0 aromatic heterocycles. The highest BCUT2D eigenvalue weighted by Crippen LogP contribution is 2.30. The lowest BCUT2D eigenvalue weighted by Gasteiger charge is -2.15. The zero-order valence-electron chi connectivity index (χ0n) is 17.4. The number of nitrogens with one attached hydrogen (secondary N) is 1. The first-order valence-electron chi connectivity index (χ1n) is 9.82. The van der Waals surface area contributed by atoms with Gasteiger partial charge in [-0.25, -0.2) is 0 Å². The summed E-state index contributed by atoms with van der Waals surface area (Å²) in [6.07, 6.45) is 2.10. The van der Waals surface area contributed by atoms with Gasteiger partial charge < -0.3 is 29.0 Å². The molecule has 0 spiro atoms. The molecule has 0 saturated carbocycles. The molecule has 1 aliphatic rings. The van der Waals surface area contributed by atoms with Gasteiger partial charge in [0, 0.05) is 18.7 Å². The fourth-order valence-electron chi connectivity index (χ4n) is 3.19. The summed E-state index contributed by atoms with van der Waals surface area (Å²) in [5, 5.41) is 2.74. The van der Waals surface area contributed by atoms with E-state index in [4.69, 9.17) is 18.9 Å². The average Bonchev–Trinajstić information content (AvgIpc) is 3.29. The Morgan fingerprint density at radius 2 is 1.87 bits per heavy atom. The van der Waals surface area contributed by atoms with Crippen LogP contribution in [0, 0.1) is 0 Å². The van der Waals surface area contributed by atoms with Gasteiger partial charge in [0.15, 0.2) is 23.0 Å². The molecular formula is C22H25F2NO6. The Balaban J connectivity index is 1.61. The van der Waals surface area contributed by atoms with Crippen LogP contribution < -0.4 is 24.3 Å². The lowest BCUT2D eigenvalue weighted by atomic mass is 10.1. The topological polar surface area (TPSA) is 75.3 Å². The first-order valence-corrected chi connectivity index (χ1v) is 9.82. The van der Waals surface area contributed by atoms with Crippen molar-refractivity contribution in [2.75, 3.05) is 27.4 Å². The summed E-state index contributed by atoms with van der Waals surface area (Å²) < 4.78 is 51.3. The van der Waals surface area contributed by atoms with Crippen molar-refractivity contribution < 1.29 is 37.3 Å². The van der Waals surface area contributed by atoms with Crippen molar-refractivity contribution in [1.29, 1.82) is 0 Å². The van der Waals surface area contributed by atoms with E-state index in [2.05, 4.69) is 10.1 Å². The number of rotatable bonds is 10. The van der Waals surface area contributed by atoms with Gasteiger partial charge in [-0.15, -0.1) is 0 Å². The number of ether oxygens (including phenoxy) is 5.